The molecule has 0 bridgehead atoms. The number of carbonyl (C=O) groups is 1. The molecular formula is C13H15F3N2O3. The van der Waals surface area contributed by atoms with Gasteiger partial charge in [-0.3, -0.25) is 5.32 Å². The summed E-state index contributed by atoms with van der Waals surface area (Å²) in [5.74, 6) is -0.347. The van der Waals surface area contributed by atoms with Gasteiger partial charge in [0, 0.05) is 5.69 Å². The van der Waals surface area contributed by atoms with Crippen LogP contribution in [0.4, 0.5) is 23.7 Å². The summed E-state index contributed by atoms with van der Waals surface area (Å²) in [7, 11) is 0. The van der Waals surface area contributed by atoms with Crippen molar-refractivity contribution in [2.45, 2.75) is 25.3 Å². The van der Waals surface area contributed by atoms with Crippen molar-refractivity contribution in [3.63, 3.8) is 0 Å². The van der Waals surface area contributed by atoms with Crippen LogP contribution in [-0.2, 0) is 4.74 Å². The van der Waals surface area contributed by atoms with Gasteiger partial charge < -0.3 is 14.8 Å². The van der Waals surface area contributed by atoms with Crippen molar-refractivity contribution in [2.75, 3.05) is 18.4 Å². The second-order valence-corrected chi connectivity index (χ2v) is 4.55. The Balaban J connectivity index is 1.83. The summed E-state index contributed by atoms with van der Waals surface area (Å²) >= 11 is 0. The zero-order valence-electron chi connectivity index (χ0n) is 11.1. The molecule has 1 aromatic carbocycles. The monoisotopic (exact) mass is 304 g/mol. The predicted octanol–water partition coefficient (Wildman–Crippen LogP) is 2.89. The Labute approximate surface area is 119 Å². The first-order valence-corrected chi connectivity index (χ1v) is 6.46. The number of anilines is 1. The van der Waals surface area contributed by atoms with Gasteiger partial charge in [0.25, 0.3) is 0 Å². The van der Waals surface area contributed by atoms with Crippen molar-refractivity contribution >= 4 is 11.8 Å². The maximum atomic E-state index is 12.0. The first kappa shape index (κ1) is 15.4. The van der Waals surface area contributed by atoms with Crippen molar-refractivity contribution in [2.24, 2.45) is 0 Å². The number of halogens is 3. The minimum atomic E-state index is -4.73. The largest absolute Gasteiger partial charge is 0.573 e. The number of ether oxygens (including phenoxy) is 2. The van der Waals surface area contributed by atoms with Crippen LogP contribution < -0.4 is 15.4 Å². The molecule has 1 fully saturated rings. The van der Waals surface area contributed by atoms with Gasteiger partial charge in [0.15, 0.2) is 0 Å². The Hall–Kier alpha value is -1.96. The Kier molecular flexibility index (Phi) is 4.89. The molecular weight excluding hydrogens is 289 g/mol. The quantitative estimate of drug-likeness (QED) is 0.901. The molecule has 0 aromatic heterocycles. The second-order valence-electron chi connectivity index (χ2n) is 4.55. The van der Waals surface area contributed by atoms with Gasteiger partial charge in [-0.2, -0.15) is 0 Å². The third kappa shape index (κ3) is 5.50. The fourth-order valence-corrected chi connectivity index (χ4v) is 1.95. The van der Waals surface area contributed by atoms with Crippen molar-refractivity contribution in [3.05, 3.63) is 24.3 Å². The van der Waals surface area contributed by atoms with Crippen LogP contribution in [0.3, 0.4) is 0 Å². The normalized spacial score (nSPS) is 16.3. The van der Waals surface area contributed by atoms with Crippen LogP contribution in [0.15, 0.2) is 24.3 Å². The number of amides is 1. The van der Waals surface area contributed by atoms with Gasteiger partial charge in [-0.05, 0) is 50.2 Å². The van der Waals surface area contributed by atoms with Crippen molar-refractivity contribution in [3.8, 4) is 5.75 Å². The van der Waals surface area contributed by atoms with Gasteiger partial charge in [-0.25, -0.2) is 4.79 Å². The Morgan fingerprint density at radius 1 is 1.19 bits per heavy atom. The van der Waals surface area contributed by atoms with Crippen LogP contribution in [-0.4, -0.2) is 31.6 Å². The summed E-state index contributed by atoms with van der Waals surface area (Å²) in [6.07, 6.45) is -4.01. The lowest BCUT2D eigenvalue weighted by Crippen LogP contribution is -2.34. The molecule has 2 rings (SSSR count). The number of carbonyl (C=O) groups excluding carboxylic acids is 1. The lowest BCUT2D eigenvalue weighted by atomic mass is 10.1. The Bertz CT molecular complexity index is 471. The van der Waals surface area contributed by atoms with E-state index < -0.39 is 12.5 Å². The van der Waals surface area contributed by atoms with E-state index in [1.165, 1.54) is 12.1 Å². The molecule has 1 amide bonds. The van der Waals surface area contributed by atoms with Crippen LogP contribution in [0.2, 0.25) is 0 Å². The van der Waals surface area contributed by atoms with E-state index in [0.717, 1.165) is 38.1 Å². The number of benzene rings is 1. The van der Waals surface area contributed by atoms with E-state index in [1.807, 2.05) is 0 Å². The Morgan fingerprint density at radius 3 is 2.38 bits per heavy atom. The molecule has 0 spiro atoms. The zero-order valence-corrected chi connectivity index (χ0v) is 11.1. The summed E-state index contributed by atoms with van der Waals surface area (Å²) < 4.78 is 44.9. The van der Waals surface area contributed by atoms with Gasteiger partial charge in [0.05, 0.1) is 0 Å². The second kappa shape index (κ2) is 6.66. The molecule has 0 unspecified atom stereocenters. The van der Waals surface area contributed by atoms with Gasteiger partial charge >= 0.3 is 12.5 Å². The fraction of sp³-hybridized carbons (Fsp3) is 0.462. The van der Waals surface area contributed by atoms with Crippen LogP contribution >= 0.6 is 0 Å². The van der Waals surface area contributed by atoms with Crippen LogP contribution in [0, 0.1) is 0 Å². The lowest BCUT2D eigenvalue weighted by Gasteiger charge is -2.22. The highest BCUT2D eigenvalue weighted by Crippen LogP contribution is 2.24. The molecule has 21 heavy (non-hydrogen) atoms. The van der Waals surface area contributed by atoms with Crippen molar-refractivity contribution in [1.29, 1.82) is 0 Å². The van der Waals surface area contributed by atoms with Gasteiger partial charge in [0.1, 0.15) is 11.9 Å². The number of hydrogen-bond acceptors (Lipinski definition) is 4. The summed E-state index contributed by atoms with van der Waals surface area (Å²) in [4.78, 5) is 11.6. The highest BCUT2D eigenvalue weighted by Gasteiger charge is 2.31. The van der Waals surface area contributed by atoms with E-state index in [-0.39, 0.29) is 11.9 Å². The SMILES string of the molecule is O=C(Nc1ccc(OC(F)(F)F)cc1)OC1CCNCC1. The molecule has 5 nitrogen and oxygen atoms in total. The van der Waals surface area contributed by atoms with Crippen LogP contribution in [0.5, 0.6) is 5.75 Å². The Morgan fingerprint density at radius 2 is 1.81 bits per heavy atom. The molecule has 116 valence electrons. The third-order valence-corrected chi connectivity index (χ3v) is 2.89. The van der Waals surface area contributed by atoms with E-state index in [1.54, 1.807) is 0 Å². The van der Waals surface area contributed by atoms with Crippen LogP contribution in [0.25, 0.3) is 0 Å². The number of nitrogens with one attached hydrogen (secondary N) is 2. The van der Waals surface area contributed by atoms with Gasteiger partial charge in [-0.15, -0.1) is 13.2 Å². The summed E-state index contributed by atoms with van der Waals surface area (Å²) in [5.41, 5.74) is 0.337. The number of alkyl halides is 3. The summed E-state index contributed by atoms with van der Waals surface area (Å²) in [6, 6.07) is 4.86. The van der Waals surface area contributed by atoms with E-state index in [9.17, 15) is 18.0 Å². The van der Waals surface area contributed by atoms with E-state index in [0.29, 0.717) is 5.69 Å². The van der Waals surface area contributed by atoms with Crippen molar-refractivity contribution in [1.82, 2.24) is 5.32 Å². The molecule has 0 saturated carbocycles. The maximum Gasteiger partial charge on any atom is 0.573 e. The molecule has 8 heteroatoms. The standard InChI is InChI=1S/C13H15F3N2O3/c14-13(15,16)21-11-3-1-9(2-4-11)18-12(19)20-10-5-7-17-8-6-10/h1-4,10,17H,5-8H2,(H,18,19). The number of piperidine rings is 1. The molecule has 1 aliphatic rings. The molecule has 1 saturated heterocycles. The first-order chi connectivity index (χ1) is 9.92. The smallest absolute Gasteiger partial charge is 0.446 e. The zero-order chi connectivity index (χ0) is 15.3. The summed E-state index contributed by atoms with van der Waals surface area (Å²) in [6.45, 7) is 1.59. The molecule has 0 radical (unpaired) electrons. The third-order valence-electron chi connectivity index (χ3n) is 2.89. The molecule has 1 heterocycles. The summed E-state index contributed by atoms with van der Waals surface area (Å²) in [5, 5.41) is 5.61. The first-order valence-electron chi connectivity index (χ1n) is 6.46. The molecule has 0 atom stereocenters. The predicted molar refractivity (Wildman–Crippen MR) is 69.1 cm³/mol. The fourth-order valence-electron chi connectivity index (χ4n) is 1.95. The molecule has 1 aromatic rings. The van der Waals surface area contributed by atoms with Gasteiger partial charge in [0.2, 0.25) is 0 Å². The topological polar surface area (TPSA) is 59.6 Å². The van der Waals surface area contributed by atoms with Crippen LogP contribution in [0.1, 0.15) is 12.8 Å². The highest BCUT2D eigenvalue weighted by atomic mass is 19.4. The maximum absolute atomic E-state index is 12.0. The average molecular weight is 304 g/mol. The number of rotatable bonds is 3. The van der Waals surface area contributed by atoms with Gasteiger partial charge in [-0.1, -0.05) is 0 Å². The van der Waals surface area contributed by atoms with E-state index in [4.69, 9.17) is 4.74 Å². The molecule has 2 N–H and O–H groups in total. The average Bonchev–Trinajstić information content (AvgIpc) is 2.40. The minimum Gasteiger partial charge on any atom is -0.446 e. The van der Waals surface area contributed by atoms with Crippen molar-refractivity contribution < 1.29 is 27.4 Å². The lowest BCUT2D eigenvalue weighted by molar-refractivity contribution is -0.274. The molecule has 1 aliphatic heterocycles. The van der Waals surface area contributed by atoms with E-state index in [2.05, 4.69) is 15.4 Å². The number of hydrogen-bond donors (Lipinski definition) is 2. The minimum absolute atomic E-state index is 0.140. The highest BCUT2D eigenvalue weighted by molar-refractivity contribution is 5.84. The van der Waals surface area contributed by atoms with E-state index >= 15 is 0 Å². The molecule has 0 aliphatic carbocycles.